The Morgan fingerprint density at radius 3 is 2.07 bits per heavy atom. The summed E-state index contributed by atoms with van der Waals surface area (Å²) >= 11 is 0. The SMILES string of the molecule is CCC(=C(c1ccc(O)cc1)c1ccc(OCCN2CC3(C2)CN(CCOc2cccc4c2CN(C2CCC(=O)NC2=O)C4=O)C3)cc1)c1ccccc1. The average Bonchev–Trinajstić information content (AvgIpc) is 3.49. The number of phenolic OH excluding ortho intramolecular Hbond substituents is 1. The van der Waals surface area contributed by atoms with Gasteiger partial charge in [-0.15, -0.1) is 0 Å². The number of fused-ring (bicyclic) bond motifs is 1. The van der Waals surface area contributed by atoms with Crippen LogP contribution < -0.4 is 14.8 Å². The Balaban J connectivity index is 0.785. The van der Waals surface area contributed by atoms with Crippen LogP contribution in [0.15, 0.2) is 97.1 Å². The van der Waals surface area contributed by atoms with Gasteiger partial charge in [0.1, 0.15) is 36.5 Å². The molecule has 278 valence electrons. The molecule has 1 unspecified atom stereocenters. The number of amides is 3. The molecule has 3 amide bonds. The van der Waals surface area contributed by atoms with Gasteiger partial charge in [0.15, 0.2) is 0 Å². The second kappa shape index (κ2) is 15.1. The Kier molecular flexibility index (Phi) is 9.96. The Labute approximate surface area is 316 Å². The first kappa shape index (κ1) is 35.6. The van der Waals surface area contributed by atoms with E-state index >= 15 is 0 Å². The predicted molar refractivity (Wildman–Crippen MR) is 206 cm³/mol. The van der Waals surface area contributed by atoms with E-state index in [9.17, 15) is 19.5 Å². The molecule has 0 bridgehead atoms. The first-order chi connectivity index (χ1) is 26.3. The van der Waals surface area contributed by atoms with Gasteiger partial charge in [0.05, 0.1) is 6.54 Å². The lowest BCUT2D eigenvalue weighted by atomic mass is 9.73. The number of nitrogens with zero attached hydrogens (tertiary/aromatic N) is 3. The molecule has 10 nitrogen and oxygen atoms in total. The van der Waals surface area contributed by atoms with Gasteiger partial charge in [0.25, 0.3) is 5.91 Å². The monoisotopic (exact) mass is 726 g/mol. The number of benzene rings is 4. The Hall–Kier alpha value is -5.45. The minimum Gasteiger partial charge on any atom is -0.508 e. The highest BCUT2D eigenvalue weighted by atomic mass is 16.5. The van der Waals surface area contributed by atoms with Crippen molar-refractivity contribution in [3.63, 3.8) is 0 Å². The van der Waals surface area contributed by atoms with Gasteiger partial charge >= 0.3 is 0 Å². The molecule has 1 atom stereocenters. The van der Waals surface area contributed by atoms with Crippen molar-refractivity contribution in [2.45, 2.75) is 38.8 Å². The number of nitrogens with one attached hydrogen (secondary N) is 1. The lowest BCUT2D eigenvalue weighted by Crippen LogP contribution is -2.72. The highest BCUT2D eigenvalue weighted by Gasteiger charge is 2.51. The van der Waals surface area contributed by atoms with Crippen LogP contribution >= 0.6 is 0 Å². The number of hydrogen-bond donors (Lipinski definition) is 2. The van der Waals surface area contributed by atoms with Crippen molar-refractivity contribution in [1.29, 1.82) is 0 Å². The topological polar surface area (TPSA) is 112 Å². The van der Waals surface area contributed by atoms with Crippen LogP contribution in [0.3, 0.4) is 0 Å². The van der Waals surface area contributed by atoms with Gasteiger partial charge in [0, 0.05) is 62.2 Å². The molecule has 0 aliphatic carbocycles. The molecule has 8 rings (SSSR count). The number of rotatable bonds is 13. The Bertz CT molecular complexity index is 2050. The van der Waals surface area contributed by atoms with Gasteiger partial charge in [-0.1, -0.05) is 67.6 Å². The van der Waals surface area contributed by atoms with Crippen molar-refractivity contribution in [3.05, 3.63) is 125 Å². The lowest BCUT2D eigenvalue weighted by Gasteiger charge is -2.60. The Morgan fingerprint density at radius 2 is 1.43 bits per heavy atom. The zero-order chi connectivity index (χ0) is 37.2. The lowest BCUT2D eigenvalue weighted by molar-refractivity contribution is -0.136. The van der Waals surface area contributed by atoms with E-state index in [1.165, 1.54) is 11.1 Å². The fourth-order valence-electron chi connectivity index (χ4n) is 8.62. The van der Waals surface area contributed by atoms with Gasteiger partial charge in [-0.25, -0.2) is 0 Å². The number of carbonyl (C=O) groups excluding carboxylic acids is 3. The van der Waals surface area contributed by atoms with Gasteiger partial charge in [-0.05, 0) is 77.1 Å². The van der Waals surface area contributed by atoms with Crippen molar-refractivity contribution in [2.24, 2.45) is 5.41 Å². The normalized spacial score (nSPS) is 19.8. The molecule has 4 heterocycles. The van der Waals surface area contributed by atoms with Crippen LogP contribution in [0.5, 0.6) is 17.2 Å². The number of phenols is 1. The second-order valence-corrected chi connectivity index (χ2v) is 14.9. The van der Waals surface area contributed by atoms with Gasteiger partial charge < -0.3 is 19.5 Å². The summed E-state index contributed by atoms with van der Waals surface area (Å²) in [5, 5.41) is 12.3. The minimum atomic E-state index is -0.637. The molecule has 4 aromatic rings. The maximum Gasteiger partial charge on any atom is 0.255 e. The molecule has 54 heavy (non-hydrogen) atoms. The summed E-state index contributed by atoms with van der Waals surface area (Å²) in [5.41, 5.74) is 7.49. The third-order valence-corrected chi connectivity index (χ3v) is 11.2. The largest absolute Gasteiger partial charge is 0.508 e. The second-order valence-electron chi connectivity index (χ2n) is 14.9. The van der Waals surface area contributed by atoms with E-state index in [1.54, 1.807) is 23.1 Å². The molecular formula is C44H46N4O6. The third-order valence-electron chi connectivity index (χ3n) is 11.2. The van der Waals surface area contributed by atoms with E-state index in [-0.39, 0.29) is 24.0 Å². The van der Waals surface area contributed by atoms with E-state index in [0.717, 1.165) is 73.7 Å². The van der Waals surface area contributed by atoms with Gasteiger partial charge in [0.2, 0.25) is 11.8 Å². The molecule has 3 saturated heterocycles. The number of likely N-dealkylation sites (tertiary alicyclic amines) is 2. The van der Waals surface area contributed by atoms with Gasteiger partial charge in [-0.3, -0.25) is 29.5 Å². The molecule has 1 spiro atoms. The summed E-state index contributed by atoms with van der Waals surface area (Å²) in [6.07, 6.45) is 1.44. The van der Waals surface area contributed by atoms with Crippen LogP contribution in [0.1, 0.15) is 58.8 Å². The molecule has 0 saturated carbocycles. The van der Waals surface area contributed by atoms with E-state index in [0.29, 0.717) is 42.9 Å². The fraction of sp³-hybridized carbons (Fsp3) is 0.341. The first-order valence-electron chi connectivity index (χ1n) is 18.9. The zero-order valence-electron chi connectivity index (χ0n) is 30.6. The highest BCUT2D eigenvalue weighted by molar-refractivity contribution is 6.05. The van der Waals surface area contributed by atoms with E-state index in [1.807, 2.05) is 42.5 Å². The van der Waals surface area contributed by atoms with Crippen molar-refractivity contribution < 1.29 is 29.0 Å². The van der Waals surface area contributed by atoms with E-state index in [2.05, 4.69) is 58.4 Å². The van der Waals surface area contributed by atoms with Crippen LogP contribution in [0.25, 0.3) is 11.1 Å². The molecule has 10 heteroatoms. The van der Waals surface area contributed by atoms with Crippen molar-refractivity contribution in [1.82, 2.24) is 20.0 Å². The maximum absolute atomic E-state index is 13.1. The van der Waals surface area contributed by atoms with Crippen LogP contribution in [0.2, 0.25) is 0 Å². The van der Waals surface area contributed by atoms with Crippen molar-refractivity contribution in [2.75, 3.05) is 52.5 Å². The summed E-state index contributed by atoms with van der Waals surface area (Å²) < 4.78 is 12.4. The molecule has 4 aromatic carbocycles. The van der Waals surface area contributed by atoms with Crippen LogP contribution in [0, 0.1) is 5.41 Å². The predicted octanol–water partition coefficient (Wildman–Crippen LogP) is 5.60. The first-order valence-corrected chi connectivity index (χ1v) is 18.9. The summed E-state index contributed by atoms with van der Waals surface area (Å²) in [6, 6.07) is 31.1. The quantitative estimate of drug-likeness (QED) is 0.136. The number of ether oxygens (including phenoxy) is 2. The molecule has 4 aliphatic rings. The highest BCUT2D eigenvalue weighted by Crippen LogP contribution is 2.40. The average molecular weight is 727 g/mol. The number of carbonyl (C=O) groups is 3. The number of allylic oxidation sites excluding steroid dienone is 1. The van der Waals surface area contributed by atoms with Crippen LogP contribution in [0.4, 0.5) is 0 Å². The molecule has 0 aromatic heterocycles. The Morgan fingerprint density at radius 1 is 0.778 bits per heavy atom. The fourth-order valence-corrected chi connectivity index (χ4v) is 8.62. The van der Waals surface area contributed by atoms with Gasteiger partial charge in [-0.2, -0.15) is 0 Å². The summed E-state index contributed by atoms with van der Waals surface area (Å²) in [7, 11) is 0. The number of piperidine rings is 1. The summed E-state index contributed by atoms with van der Waals surface area (Å²) in [4.78, 5) is 43.6. The third kappa shape index (κ3) is 7.23. The van der Waals surface area contributed by atoms with E-state index in [4.69, 9.17) is 9.47 Å². The molecular weight excluding hydrogens is 681 g/mol. The minimum absolute atomic E-state index is 0.189. The van der Waals surface area contributed by atoms with Crippen LogP contribution in [-0.4, -0.2) is 96.1 Å². The molecule has 3 fully saturated rings. The van der Waals surface area contributed by atoms with E-state index < -0.39 is 11.9 Å². The molecule has 4 aliphatic heterocycles. The van der Waals surface area contributed by atoms with Crippen LogP contribution in [-0.2, 0) is 16.1 Å². The van der Waals surface area contributed by atoms with Crippen molar-refractivity contribution in [3.8, 4) is 17.2 Å². The maximum atomic E-state index is 13.1. The summed E-state index contributed by atoms with van der Waals surface area (Å²) in [5.74, 6) is 0.896. The number of aromatic hydroxyl groups is 1. The molecule has 0 radical (unpaired) electrons. The summed E-state index contributed by atoms with van der Waals surface area (Å²) in [6.45, 7) is 9.55. The zero-order valence-corrected chi connectivity index (χ0v) is 30.6. The molecule has 2 N–H and O–H groups in total. The smallest absolute Gasteiger partial charge is 0.255 e. The van der Waals surface area contributed by atoms with Crippen molar-refractivity contribution >= 4 is 28.9 Å². The number of hydrogen-bond acceptors (Lipinski definition) is 8. The number of imide groups is 1. The standard InChI is InChI=1S/C44H46N4O6/c1-2-35(30-7-4-3-5-8-30)41(31-11-15-33(49)16-12-31)32-13-17-34(18-14-32)53-23-21-46-26-44(27-46)28-47(29-44)22-24-54-39-10-6-9-36-37(39)25-48(43(36)52)38-19-20-40(50)45-42(38)51/h3-18,38,49H,2,19-29H2,1H3,(H,45,50,51).